The van der Waals surface area contributed by atoms with Crippen LogP contribution >= 0.6 is 0 Å². The van der Waals surface area contributed by atoms with E-state index >= 15 is 0 Å². The zero-order valence-electron chi connectivity index (χ0n) is 26.2. The quantitative estimate of drug-likeness (QED) is 0.315. The van der Waals surface area contributed by atoms with Crippen molar-refractivity contribution < 1.29 is 23.5 Å². The number of nitrogens with zero attached hydrogens (tertiary/aromatic N) is 2. The summed E-state index contributed by atoms with van der Waals surface area (Å²) in [5.41, 5.74) is 0.377. The summed E-state index contributed by atoms with van der Waals surface area (Å²) in [5.74, 6) is 2.50. The monoisotopic (exact) mass is 557 g/mol. The second-order valence-corrected chi connectivity index (χ2v) is 15.8. The van der Waals surface area contributed by atoms with Crippen LogP contribution in [-0.4, -0.2) is 78.8 Å². The lowest BCUT2D eigenvalue weighted by Crippen LogP contribution is -2.61. The molecule has 0 aromatic heterocycles. The van der Waals surface area contributed by atoms with Crippen LogP contribution < -0.4 is 0 Å². The molecule has 2 heterocycles. The second kappa shape index (κ2) is 10.8. The summed E-state index contributed by atoms with van der Waals surface area (Å²) in [6.45, 7) is 13.1. The minimum absolute atomic E-state index is 0.0466. The summed E-state index contributed by atoms with van der Waals surface area (Å²) < 4.78 is 13.5. The maximum Gasteiger partial charge on any atom is 0.303 e. The van der Waals surface area contributed by atoms with Gasteiger partial charge in [0.1, 0.15) is 12.1 Å². The van der Waals surface area contributed by atoms with E-state index < -0.39 is 0 Å². The van der Waals surface area contributed by atoms with Gasteiger partial charge in [-0.2, -0.15) is 0 Å². The van der Waals surface area contributed by atoms with Gasteiger partial charge in [0.25, 0.3) is 0 Å². The number of piperidine rings is 2. The number of fused-ring (bicyclic) bond motifs is 5. The van der Waals surface area contributed by atoms with Crippen molar-refractivity contribution in [2.24, 2.45) is 34.5 Å². The lowest BCUT2D eigenvalue weighted by Gasteiger charge is -2.62. The van der Waals surface area contributed by atoms with E-state index in [0.29, 0.717) is 35.3 Å². The summed E-state index contributed by atoms with van der Waals surface area (Å²) in [7, 11) is 2.47. The van der Waals surface area contributed by atoms with E-state index in [0.717, 1.165) is 29.9 Å². The van der Waals surface area contributed by atoms with Gasteiger partial charge >= 0.3 is 11.9 Å². The molecule has 2 saturated heterocycles. The van der Waals surface area contributed by atoms with Crippen molar-refractivity contribution in [3.63, 3.8) is 0 Å². The molecule has 6 aliphatic rings. The highest BCUT2D eigenvalue weighted by Gasteiger charge is 2.67. The predicted octanol–water partition coefficient (Wildman–Crippen LogP) is 5.97. The van der Waals surface area contributed by atoms with E-state index in [4.69, 9.17) is 9.47 Å². The summed E-state index contributed by atoms with van der Waals surface area (Å²) in [6, 6.07) is 0.796. The first-order valence-corrected chi connectivity index (χ1v) is 17.0. The third-order valence-electron chi connectivity index (χ3n) is 13.7. The molecule has 0 bridgehead atoms. The van der Waals surface area contributed by atoms with Crippen molar-refractivity contribution >= 4 is 11.9 Å². The van der Waals surface area contributed by atoms with E-state index in [9.17, 15) is 9.59 Å². The van der Waals surface area contributed by atoms with Crippen LogP contribution in [0.5, 0.6) is 0 Å². The van der Waals surface area contributed by atoms with Gasteiger partial charge in [-0.15, -0.1) is 0 Å². The lowest BCUT2D eigenvalue weighted by atomic mass is 9.44. The molecular weight excluding hydrogens is 500 g/mol. The van der Waals surface area contributed by atoms with Crippen LogP contribution in [0.1, 0.15) is 111 Å². The summed E-state index contributed by atoms with van der Waals surface area (Å²) in [5, 5.41) is 0. The van der Waals surface area contributed by atoms with Gasteiger partial charge in [-0.25, -0.2) is 0 Å². The van der Waals surface area contributed by atoms with Crippen LogP contribution in [0.3, 0.4) is 0 Å². The van der Waals surface area contributed by atoms with Crippen LogP contribution in [0, 0.1) is 34.5 Å². The number of carbonyl (C=O) groups is 2. The Morgan fingerprint density at radius 3 is 2.15 bits per heavy atom. The van der Waals surface area contributed by atoms with Gasteiger partial charge in [-0.1, -0.05) is 20.3 Å². The number of likely N-dealkylation sites (N-methyl/N-ethyl adjacent to an activating group) is 1. The molecule has 40 heavy (non-hydrogen) atoms. The van der Waals surface area contributed by atoms with Gasteiger partial charge in [-0.3, -0.25) is 14.5 Å². The first kappa shape index (κ1) is 29.0. The molecule has 0 amide bonds. The van der Waals surface area contributed by atoms with Crippen molar-refractivity contribution in [3.05, 3.63) is 0 Å². The van der Waals surface area contributed by atoms with Gasteiger partial charge in [0.05, 0.1) is 20.1 Å². The molecule has 1 unspecified atom stereocenters. The maximum atomic E-state index is 12.5. The molecule has 0 N–H and O–H groups in total. The Kier molecular flexibility index (Phi) is 7.85. The number of ether oxygens (including phenoxy) is 2. The Labute approximate surface area is 243 Å². The normalized spacial score (nSPS) is 46.9. The smallest absolute Gasteiger partial charge is 0.303 e. The predicted molar refractivity (Wildman–Crippen MR) is 156 cm³/mol. The fourth-order valence-electron chi connectivity index (χ4n) is 11.7. The van der Waals surface area contributed by atoms with Crippen molar-refractivity contribution in [1.29, 1.82) is 0 Å². The Morgan fingerprint density at radius 1 is 0.800 bits per heavy atom. The number of hydrogen-bond acceptors (Lipinski definition) is 5. The van der Waals surface area contributed by atoms with E-state index in [2.05, 4.69) is 25.8 Å². The van der Waals surface area contributed by atoms with Crippen LogP contribution in [0.25, 0.3) is 0 Å². The molecule has 4 saturated carbocycles. The summed E-state index contributed by atoms with van der Waals surface area (Å²) >= 11 is 0. The van der Waals surface area contributed by atoms with Crippen LogP contribution in [0.15, 0.2) is 0 Å². The van der Waals surface area contributed by atoms with Crippen molar-refractivity contribution in [2.45, 2.75) is 135 Å². The van der Waals surface area contributed by atoms with Crippen molar-refractivity contribution in [3.8, 4) is 0 Å². The van der Waals surface area contributed by atoms with Crippen molar-refractivity contribution in [1.82, 2.24) is 4.90 Å². The fourth-order valence-corrected chi connectivity index (χ4v) is 11.7. The molecule has 0 spiro atoms. The number of quaternary nitrogens is 1. The maximum absolute atomic E-state index is 12.5. The highest BCUT2D eigenvalue weighted by Crippen LogP contribution is 2.67. The fraction of sp³-hybridized carbons (Fsp3) is 0.941. The minimum atomic E-state index is -0.111. The molecule has 4 aliphatic carbocycles. The molecule has 6 heteroatoms. The van der Waals surface area contributed by atoms with Gasteiger partial charge in [0, 0.05) is 31.7 Å². The van der Waals surface area contributed by atoms with Gasteiger partial charge in [0.2, 0.25) is 0 Å². The average Bonchev–Trinajstić information content (AvgIpc) is 3.21. The van der Waals surface area contributed by atoms with Crippen LogP contribution in [0.4, 0.5) is 0 Å². The Hall–Kier alpha value is -1.14. The highest BCUT2D eigenvalue weighted by molar-refractivity contribution is 5.66. The molecule has 10 atom stereocenters. The highest BCUT2D eigenvalue weighted by atomic mass is 16.5. The first-order valence-electron chi connectivity index (χ1n) is 17.0. The zero-order chi connectivity index (χ0) is 28.3. The molecule has 226 valence electrons. The number of carbonyl (C=O) groups excluding carboxylic acids is 2. The molecular formula is C34H57N2O4+. The Balaban J connectivity index is 1.29. The summed E-state index contributed by atoms with van der Waals surface area (Å²) in [6.07, 6.45) is 16.3. The number of rotatable bonds is 4. The van der Waals surface area contributed by atoms with E-state index in [-0.39, 0.29) is 29.6 Å². The average molecular weight is 558 g/mol. The molecule has 0 aromatic carbocycles. The number of likely N-dealkylation sites (tertiary alicyclic amines) is 2. The molecule has 6 nitrogen and oxygen atoms in total. The minimum Gasteiger partial charge on any atom is -0.461 e. The van der Waals surface area contributed by atoms with Gasteiger partial charge in [-0.05, 0) is 113 Å². The number of hydrogen-bond donors (Lipinski definition) is 0. The van der Waals surface area contributed by atoms with Gasteiger partial charge < -0.3 is 14.0 Å². The largest absolute Gasteiger partial charge is 0.461 e. The van der Waals surface area contributed by atoms with Crippen LogP contribution in [0.2, 0.25) is 0 Å². The van der Waals surface area contributed by atoms with E-state index in [1.165, 1.54) is 90.1 Å². The molecule has 6 fully saturated rings. The van der Waals surface area contributed by atoms with Crippen LogP contribution in [-0.2, 0) is 19.1 Å². The first-order chi connectivity index (χ1) is 19.0. The molecule has 0 aromatic rings. The lowest BCUT2D eigenvalue weighted by molar-refractivity contribution is -0.940. The third-order valence-corrected chi connectivity index (χ3v) is 13.7. The van der Waals surface area contributed by atoms with E-state index in [1.807, 2.05) is 0 Å². The number of esters is 2. The van der Waals surface area contributed by atoms with Crippen molar-refractivity contribution in [2.75, 3.05) is 33.2 Å². The second-order valence-electron chi connectivity index (χ2n) is 15.8. The third kappa shape index (κ3) is 4.85. The van der Waals surface area contributed by atoms with Gasteiger partial charge in [0.15, 0.2) is 6.10 Å². The Morgan fingerprint density at radius 2 is 1.48 bits per heavy atom. The standard InChI is InChI=1S/C34H57N2O4/c1-23(37)39-31-20-25-12-13-26-27(34(25,4)22-29(31)35-16-8-6-9-17-35)14-15-33(3)28(26)21-30(32(33)40-24(2)38)36(5)18-10-7-11-19-36/h25-32H,6-22H2,1-5H3/q+1/t25?,26-,27+,28+,29+,30+,31+,32+,33+,34+/m1/s1. The molecule has 6 rings (SSSR count). The Bertz CT molecular complexity index is 958. The topological polar surface area (TPSA) is 55.8 Å². The molecule has 0 radical (unpaired) electrons. The zero-order valence-corrected chi connectivity index (χ0v) is 26.2. The SMILES string of the molecule is CC(=O)O[C@H]1CC2CC[C@H]3[C@@H]4C[C@H]([N+]5(C)CCCCC5)[C@H](OC(C)=O)[C@@]4(C)CC[C@@H]3[C@@]2(C)C[C@@H]1N1CCCCC1. The summed E-state index contributed by atoms with van der Waals surface area (Å²) in [4.78, 5) is 27.4. The molecule has 2 aliphatic heterocycles. The van der Waals surface area contributed by atoms with E-state index in [1.54, 1.807) is 13.8 Å².